The maximum atomic E-state index is 13.1. The molecule has 8 heteroatoms. The second kappa shape index (κ2) is 9.01. The Labute approximate surface area is 166 Å². The molecule has 1 amide bonds. The van der Waals surface area contributed by atoms with Gasteiger partial charge in [0, 0.05) is 23.7 Å². The van der Waals surface area contributed by atoms with Crippen LogP contribution in [-0.4, -0.2) is 26.4 Å². The maximum absolute atomic E-state index is 13.1. The zero-order valence-corrected chi connectivity index (χ0v) is 16.2. The van der Waals surface area contributed by atoms with E-state index in [1.165, 1.54) is 23.9 Å². The molecule has 0 aliphatic carbocycles. The van der Waals surface area contributed by atoms with Crippen LogP contribution in [0.15, 0.2) is 53.7 Å². The van der Waals surface area contributed by atoms with Gasteiger partial charge in [0.1, 0.15) is 5.82 Å². The number of thioether (sulfide) groups is 1. The molecule has 1 N–H and O–H groups in total. The average Bonchev–Trinajstić information content (AvgIpc) is 3.09. The number of hydrogen-bond donors (Lipinski definition) is 1. The lowest BCUT2D eigenvalue weighted by Crippen LogP contribution is -2.24. The molecule has 0 atom stereocenters. The molecule has 0 radical (unpaired) electrons. The molecule has 0 aliphatic rings. The third kappa shape index (κ3) is 5.08. The van der Waals surface area contributed by atoms with Gasteiger partial charge in [-0.15, -0.1) is 10.2 Å². The highest BCUT2D eigenvalue weighted by atomic mass is 35.5. The fourth-order valence-electron chi connectivity index (χ4n) is 2.48. The van der Waals surface area contributed by atoms with Crippen molar-refractivity contribution in [2.75, 3.05) is 5.75 Å². The molecule has 0 fully saturated rings. The predicted octanol–water partition coefficient (Wildman–Crippen LogP) is 4.17. The van der Waals surface area contributed by atoms with Crippen LogP contribution in [-0.2, 0) is 17.9 Å². The second-order valence-corrected chi connectivity index (χ2v) is 7.13. The van der Waals surface area contributed by atoms with Crippen LogP contribution in [0.5, 0.6) is 0 Å². The normalized spacial score (nSPS) is 10.8. The van der Waals surface area contributed by atoms with Crippen LogP contribution in [0.1, 0.15) is 12.5 Å². The van der Waals surface area contributed by atoms with Gasteiger partial charge in [-0.25, -0.2) is 4.39 Å². The molecule has 0 unspecified atom stereocenters. The van der Waals surface area contributed by atoms with Gasteiger partial charge in [0.2, 0.25) is 5.91 Å². The molecule has 0 spiro atoms. The van der Waals surface area contributed by atoms with Gasteiger partial charge >= 0.3 is 0 Å². The molecule has 2 aromatic carbocycles. The van der Waals surface area contributed by atoms with Crippen LogP contribution in [0.4, 0.5) is 4.39 Å². The number of amides is 1. The lowest BCUT2D eigenvalue weighted by Gasteiger charge is -2.08. The third-order valence-electron chi connectivity index (χ3n) is 3.87. The first kappa shape index (κ1) is 19.4. The van der Waals surface area contributed by atoms with Gasteiger partial charge in [0.15, 0.2) is 11.0 Å². The summed E-state index contributed by atoms with van der Waals surface area (Å²) in [6, 6.07) is 13.4. The van der Waals surface area contributed by atoms with Crippen molar-refractivity contribution in [3.63, 3.8) is 0 Å². The molecule has 140 valence electrons. The van der Waals surface area contributed by atoms with Crippen molar-refractivity contribution in [3.8, 4) is 11.4 Å². The van der Waals surface area contributed by atoms with Gasteiger partial charge in [-0.1, -0.05) is 35.5 Å². The molecule has 0 saturated carbocycles. The van der Waals surface area contributed by atoms with E-state index >= 15 is 0 Å². The summed E-state index contributed by atoms with van der Waals surface area (Å²) in [4.78, 5) is 12.1. The number of hydrogen-bond acceptors (Lipinski definition) is 4. The first-order chi connectivity index (χ1) is 13.1. The molecule has 5 nitrogen and oxygen atoms in total. The predicted molar refractivity (Wildman–Crippen MR) is 105 cm³/mol. The van der Waals surface area contributed by atoms with Crippen molar-refractivity contribution in [3.05, 3.63) is 64.9 Å². The van der Waals surface area contributed by atoms with Crippen LogP contribution >= 0.6 is 23.4 Å². The number of carbonyl (C=O) groups is 1. The maximum Gasteiger partial charge on any atom is 0.230 e. The lowest BCUT2D eigenvalue weighted by atomic mass is 10.2. The van der Waals surface area contributed by atoms with E-state index in [4.69, 9.17) is 11.6 Å². The van der Waals surface area contributed by atoms with Gasteiger partial charge in [-0.2, -0.15) is 0 Å². The molecular weight excluding hydrogens is 387 g/mol. The average molecular weight is 405 g/mol. The van der Waals surface area contributed by atoms with E-state index in [9.17, 15) is 9.18 Å². The molecule has 27 heavy (non-hydrogen) atoms. The quantitative estimate of drug-likeness (QED) is 0.600. The van der Waals surface area contributed by atoms with Crippen molar-refractivity contribution < 1.29 is 9.18 Å². The van der Waals surface area contributed by atoms with E-state index in [0.717, 1.165) is 11.1 Å². The van der Waals surface area contributed by atoms with Crippen molar-refractivity contribution in [2.45, 2.75) is 25.2 Å². The first-order valence-electron chi connectivity index (χ1n) is 8.40. The van der Waals surface area contributed by atoms with Crippen LogP contribution < -0.4 is 5.32 Å². The summed E-state index contributed by atoms with van der Waals surface area (Å²) in [5.41, 5.74) is 1.76. The highest BCUT2D eigenvalue weighted by Gasteiger charge is 2.14. The van der Waals surface area contributed by atoms with Crippen LogP contribution in [0, 0.1) is 5.82 Å². The van der Waals surface area contributed by atoms with Crippen molar-refractivity contribution >= 4 is 29.3 Å². The molecule has 1 heterocycles. The van der Waals surface area contributed by atoms with Crippen molar-refractivity contribution in [1.29, 1.82) is 0 Å². The zero-order valence-electron chi connectivity index (χ0n) is 14.7. The minimum atomic E-state index is -0.298. The van der Waals surface area contributed by atoms with Crippen LogP contribution in [0.3, 0.4) is 0 Å². The summed E-state index contributed by atoms with van der Waals surface area (Å²) < 4.78 is 15.0. The Kier molecular flexibility index (Phi) is 6.47. The molecule has 3 rings (SSSR count). The highest BCUT2D eigenvalue weighted by molar-refractivity contribution is 7.99. The van der Waals surface area contributed by atoms with Gasteiger partial charge < -0.3 is 9.88 Å². The minimum absolute atomic E-state index is 0.0936. The standard InChI is InChI=1S/C19H18ClFN4OS/c1-2-25-18(14-5-9-16(21)10-6-14)23-24-19(25)27-12-17(26)22-11-13-3-7-15(20)8-4-13/h3-10H,2,11-12H2,1H3,(H,22,26). The largest absolute Gasteiger partial charge is 0.351 e. The van der Waals surface area contributed by atoms with Crippen LogP contribution in [0.2, 0.25) is 5.02 Å². The number of nitrogens with one attached hydrogen (secondary N) is 1. The summed E-state index contributed by atoms with van der Waals surface area (Å²) in [5.74, 6) is 0.494. The number of halogens is 2. The summed E-state index contributed by atoms with van der Waals surface area (Å²) >= 11 is 7.17. The minimum Gasteiger partial charge on any atom is -0.351 e. The van der Waals surface area contributed by atoms with Crippen molar-refractivity contribution in [1.82, 2.24) is 20.1 Å². The van der Waals surface area contributed by atoms with Gasteiger partial charge in [0.25, 0.3) is 0 Å². The Morgan fingerprint density at radius 3 is 2.52 bits per heavy atom. The Morgan fingerprint density at radius 2 is 1.85 bits per heavy atom. The van der Waals surface area contributed by atoms with Gasteiger partial charge in [-0.05, 0) is 48.9 Å². The fourth-order valence-corrected chi connectivity index (χ4v) is 3.44. The topological polar surface area (TPSA) is 59.8 Å². The first-order valence-corrected chi connectivity index (χ1v) is 9.76. The Balaban J connectivity index is 1.59. The number of nitrogens with zero attached hydrogens (tertiary/aromatic N) is 3. The monoisotopic (exact) mass is 404 g/mol. The van der Waals surface area contributed by atoms with Gasteiger partial charge in [-0.3, -0.25) is 4.79 Å². The zero-order chi connectivity index (χ0) is 19.2. The Bertz CT molecular complexity index is 912. The molecule has 0 aliphatic heterocycles. The van der Waals surface area contributed by atoms with E-state index in [2.05, 4.69) is 15.5 Å². The van der Waals surface area contributed by atoms with E-state index in [1.807, 2.05) is 23.6 Å². The number of carbonyl (C=O) groups excluding carboxylic acids is 1. The highest BCUT2D eigenvalue weighted by Crippen LogP contribution is 2.24. The summed E-state index contributed by atoms with van der Waals surface area (Å²) in [6.45, 7) is 3.06. The van der Waals surface area contributed by atoms with Crippen molar-refractivity contribution in [2.24, 2.45) is 0 Å². The summed E-state index contributed by atoms with van der Waals surface area (Å²) in [6.07, 6.45) is 0. The van der Waals surface area contributed by atoms with E-state index < -0.39 is 0 Å². The lowest BCUT2D eigenvalue weighted by molar-refractivity contribution is -0.118. The molecule has 3 aromatic rings. The Morgan fingerprint density at radius 1 is 1.15 bits per heavy atom. The third-order valence-corrected chi connectivity index (χ3v) is 5.09. The molecular formula is C19H18ClFN4OS. The van der Waals surface area contributed by atoms with E-state index in [1.54, 1.807) is 24.3 Å². The van der Waals surface area contributed by atoms with Crippen LogP contribution in [0.25, 0.3) is 11.4 Å². The summed E-state index contributed by atoms with van der Waals surface area (Å²) in [7, 11) is 0. The number of aromatic nitrogens is 3. The number of rotatable bonds is 7. The second-order valence-electron chi connectivity index (χ2n) is 5.75. The smallest absolute Gasteiger partial charge is 0.230 e. The summed E-state index contributed by atoms with van der Waals surface area (Å²) in [5, 5.41) is 12.5. The molecule has 0 bridgehead atoms. The van der Waals surface area contributed by atoms with Gasteiger partial charge in [0.05, 0.1) is 5.75 Å². The molecule has 1 aromatic heterocycles. The van der Waals surface area contributed by atoms with E-state index in [-0.39, 0.29) is 17.5 Å². The number of benzene rings is 2. The SMILES string of the molecule is CCn1c(SCC(=O)NCc2ccc(Cl)cc2)nnc1-c1ccc(F)cc1. The van der Waals surface area contributed by atoms with E-state index in [0.29, 0.717) is 29.1 Å². The fraction of sp³-hybridized carbons (Fsp3) is 0.211. The Hall–Kier alpha value is -2.38. The molecule has 0 saturated heterocycles.